The van der Waals surface area contributed by atoms with E-state index < -0.39 is 11.7 Å². The van der Waals surface area contributed by atoms with Crippen molar-refractivity contribution in [2.24, 2.45) is 5.73 Å². The summed E-state index contributed by atoms with van der Waals surface area (Å²) in [6, 6.07) is 7.53. The van der Waals surface area contributed by atoms with E-state index in [9.17, 15) is 4.79 Å². The van der Waals surface area contributed by atoms with E-state index in [1.165, 1.54) is 0 Å². The highest BCUT2D eigenvalue weighted by atomic mass is 16.6. The molecule has 1 rings (SSSR count). The monoisotopic (exact) mass is 280 g/mol. The lowest BCUT2D eigenvalue weighted by Gasteiger charge is -2.21. The zero-order valence-corrected chi connectivity index (χ0v) is 12.6. The van der Waals surface area contributed by atoms with Crippen LogP contribution in [0, 0.1) is 0 Å². The number of carbonyl (C=O) groups excluding carboxylic acids is 1. The molecule has 3 N–H and O–H groups in total. The number of ether oxygens (including phenoxy) is 2. The first-order valence-electron chi connectivity index (χ1n) is 6.62. The van der Waals surface area contributed by atoms with Gasteiger partial charge in [-0.2, -0.15) is 0 Å². The largest absolute Gasteiger partial charge is 0.444 e. The number of methoxy groups -OCH3 is 1. The average Bonchev–Trinajstić information content (AvgIpc) is 2.34. The van der Waals surface area contributed by atoms with Crippen LogP contribution in [0.5, 0.6) is 0 Å². The number of rotatable bonds is 5. The maximum Gasteiger partial charge on any atom is 0.407 e. The van der Waals surface area contributed by atoms with E-state index in [-0.39, 0.29) is 6.04 Å². The van der Waals surface area contributed by atoms with Crippen LogP contribution < -0.4 is 11.1 Å². The molecule has 112 valence electrons. The number of nitrogens with one attached hydrogen (secondary N) is 1. The Morgan fingerprint density at radius 3 is 2.70 bits per heavy atom. The summed E-state index contributed by atoms with van der Waals surface area (Å²) in [5.74, 6) is 0. The Kier molecular flexibility index (Phi) is 5.98. The fourth-order valence-corrected chi connectivity index (χ4v) is 1.71. The van der Waals surface area contributed by atoms with Gasteiger partial charge in [0.1, 0.15) is 5.60 Å². The fourth-order valence-electron chi connectivity index (χ4n) is 1.71. The van der Waals surface area contributed by atoms with Gasteiger partial charge in [-0.3, -0.25) is 0 Å². The lowest BCUT2D eigenvalue weighted by Crippen LogP contribution is -2.36. The van der Waals surface area contributed by atoms with Gasteiger partial charge in [-0.15, -0.1) is 0 Å². The molecule has 1 aromatic rings. The van der Waals surface area contributed by atoms with Gasteiger partial charge in [0, 0.05) is 19.7 Å². The average molecular weight is 280 g/mol. The van der Waals surface area contributed by atoms with Crippen LogP contribution in [0.25, 0.3) is 0 Å². The molecule has 20 heavy (non-hydrogen) atoms. The lowest BCUT2D eigenvalue weighted by atomic mass is 10.0. The molecule has 0 bridgehead atoms. The number of alkyl carbamates (subject to hydrolysis) is 1. The molecule has 0 fully saturated rings. The Hall–Kier alpha value is -1.59. The first kappa shape index (κ1) is 16.5. The zero-order valence-electron chi connectivity index (χ0n) is 12.6. The van der Waals surface area contributed by atoms with Gasteiger partial charge in [-0.1, -0.05) is 24.3 Å². The van der Waals surface area contributed by atoms with E-state index >= 15 is 0 Å². The summed E-state index contributed by atoms with van der Waals surface area (Å²) in [6.45, 7) is 6.33. The Morgan fingerprint density at radius 2 is 2.10 bits per heavy atom. The number of carbonyl (C=O) groups is 1. The molecule has 5 heteroatoms. The minimum Gasteiger partial charge on any atom is -0.444 e. The highest BCUT2D eigenvalue weighted by Crippen LogP contribution is 2.13. The summed E-state index contributed by atoms with van der Waals surface area (Å²) in [5, 5.41) is 2.67. The van der Waals surface area contributed by atoms with Gasteiger partial charge in [0.25, 0.3) is 0 Å². The molecule has 0 aromatic heterocycles. The minimum atomic E-state index is -0.507. The van der Waals surface area contributed by atoms with Crippen LogP contribution in [0.4, 0.5) is 4.79 Å². The van der Waals surface area contributed by atoms with E-state index in [2.05, 4.69) is 5.32 Å². The quantitative estimate of drug-likeness (QED) is 0.868. The summed E-state index contributed by atoms with van der Waals surface area (Å²) in [4.78, 5) is 11.6. The Bertz CT molecular complexity index is 441. The van der Waals surface area contributed by atoms with E-state index in [1.54, 1.807) is 7.11 Å². The third-order valence-electron chi connectivity index (χ3n) is 2.56. The van der Waals surface area contributed by atoms with Crippen molar-refractivity contribution in [2.75, 3.05) is 13.7 Å². The van der Waals surface area contributed by atoms with Gasteiger partial charge < -0.3 is 20.5 Å². The van der Waals surface area contributed by atoms with Crippen LogP contribution in [0.1, 0.15) is 37.9 Å². The maximum atomic E-state index is 11.6. The van der Waals surface area contributed by atoms with Crippen molar-refractivity contribution in [2.45, 2.75) is 39.0 Å². The molecular weight excluding hydrogens is 256 g/mol. The molecule has 0 radical (unpaired) electrons. The molecule has 0 heterocycles. The Labute approximate surface area is 120 Å². The molecule has 0 aliphatic rings. The van der Waals surface area contributed by atoms with Gasteiger partial charge in [0.05, 0.1) is 6.61 Å². The number of nitrogens with two attached hydrogens (primary N) is 1. The van der Waals surface area contributed by atoms with E-state index in [0.717, 1.165) is 11.1 Å². The van der Waals surface area contributed by atoms with Crippen molar-refractivity contribution in [1.82, 2.24) is 5.32 Å². The molecular formula is C15H24N2O3. The summed E-state index contributed by atoms with van der Waals surface area (Å²) in [6.07, 6.45) is -0.457. The van der Waals surface area contributed by atoms with Gasteiger partial charge in [0.2, 0.25) is 0 Å². The van der Waals surface area contributed by atoms with Crippen molar-refractivity contribution >= 4 is 6.09 Å². The summed E-state index contributed by atoms with van der Waals surface area (Å²) >= 11 is 0. The summed E-state index contributed by atoms with van der Waals surface area (Å²) in [5.41, 5.74) is 7.56. The maximum absolute atomic E-state index is 11.6. The van der Waals surface area contributed by atoms with Gasteiger partial charge in [-0.25, -0.2) is 4.79 Å². The minimum absolute atomic E-state index is 0.278. The van der Waals surface area contributed by atoms with Crippen LogP contribution in [-0.4, -0.2) is 25.3 Å². The molecule has 1 amide bonds. The molecule has 1 aromatic carbocycles. The molecule has 1 atom stereocenters. The van der Waals surface area contributed by atoms with Crippen molar-refractivity contribution in [3.8, 4) is 0 Å². The van der Waals surface area contributed by atoms with Crippen molar-refractivity contribution < 1.29 is 14.3 Å². The van der Waals surface area contributed by atoms with Gasteiger partial charge in [0.15, 0.2) is 0 Å². The van der Waals surface area contributed by atoms with E-state index in [4.69, 9.17) is 15.2 Å². The van der Waals surface area contributed by atoms with Gasteiger partial charge >= 0.3 is 6.09 Å². The molecule has 0 aliphatic carbocycles. The summed E-state index contributed by atoms with van der Waals surface area (Å²) in [7, 11) is 1.65. The first-order chi connectivity index (χ1) is 9.31. The van der Waals surface area contributed by atoms with Crippen molar-refractivity contribution in [1.29, 1.82) is 0 Å². The number of amides is 1. The SMILES string of the molecule is COCc1cccc(C(N)CNC(=O)OC(C)(C)C)c1. The molecule has 0 spiro atoms. The second kappa shape index (κ2) is 7.26. The third kappa shape index (κ3) is 6.04. The van der Waals surface area contributed by atoms with Crippen LogP contribution >= 0.6 is 0 Å². The highest BCUT2D eigenvalue weighted by molar-refractivity contribution is 5.67. The number of benzene rings is 1. The Morgan fingerprint density at radius 1 is 1.40 bits per heavy atom. The third-order valence-corrected chi connectivity index (χ3v) is 2.56. The predicted molar refractivity (Wildman–Crippen MR) is 78.3 cm³/mol. The van der Waals surface area contributed by atoms with Crippen LogP contribution in [0.2, 0.25) is 0 Å². The van der Waals surface area contributed by atoms with Crippen LogP contribution in [-0.2, 0) is 16.1 Å². The molecule has 5 nitrogen and oxygen atoms in total. The van der Waals surface area contributed by atoms with Crippen molar-refractivity contribution in [3.05, 3.63) is 35.4 Å². The van der Waals surface area contributed by atoms with Gasteiger partial charge in [-0.05, 0) is 31.9 Å². The highest BCUT2D eigenvalue weighted by Gasteiger charge is 2.16. The molecule has 1 unspecified atom stereocenters. The predicted octanol–water partition coefficient (Wildman–Crippen LogP) is 2.36. The fraction of sp³-hybridized carbons (Fsp3) is 0.533. The smallest absolute Gasteiger partial charge is 0.407 e. The van der Waals surface area contributed by atoms with E-state index in [0.29, 0.717) is 13.2 Å². The number of hydrogen-bond donors (Lipinski definition) is 2. The molecule has 0 saturated carbocycles. The standard InChI is InChI=1S/C15H24N2O3/c1-15(2,3)20-14(18)17-9-13(16)12-7-5-6-11(8-12)10-19-4/h5-8,13H,9-10,16H2,1-4H3,(H,17,18). The Balaban J connectivity index is 2.52. The zero-order chi connectivity index (χ0) is 15.2. The molecule has 0 aliphatic heterocycles. The van der Waals surface area contributed by atoms with Crippen molar-refractivity contribution in [3.63, 3.8) is 0 Å². The normalized spacial score (nSPS) is 12.8. The topological polar surface area (TPSA) is 73.6 Å². The second-order valence-electron chi connectivity index (χ2n) is 5.67. The summed E-state index contributed by atoms with van der Waals surface area (Å²) < 4.78 is 10.2. The second-order valence-corrected chi connectivity index (χ2v) is 5.67. The first-order valence-corrected chi connectivity index (χ1v) is 6.62. The van der Waals surface area contributed by atoms with E-state index in [1.807, 2.05) is 45.0 Å². The lowest BCUT2D eigenvalue weighted by molar-refractivity contribution is 0.0524. The molecule has 0 saturated heterocycles. The van der Waals surface area contributed by atoms with Crippen LogP contribution in [0.3, 0.4) is 0 Å². The van der Waals surface area contributed by atoms with Crippen LogP contribution in [0.15, 0.2) is 24.3 Å². The number of hydrogen-bond acceptors (Lipinski definition) is 4.